The van der Waals surface area contributed by atoms with Gasteiger partial charge < -0.3 is 0 Å². The molecule has 0 amide bonds. The zero-order valence-electron chi connectivity index (χ0n) is 16.4. The van der Waals surface area contributed by atoms with Gasteiger partial charge in [-0.1, -0.05) is 0 Å². The molecule has 0 fully saturated rings. The van der Waals surface area contributed by atoms with Crippen molar-refractivity contribution in [1.29, 1.82) is 0 Å². The normalized spacial score (nSPS) is 13.0. The molecule has 2 nitrogen and oxygen atoms in total. The van der Waals surface area contributed by atoms with E-state index < -0.39 is 24.3 Å². The third-order valence-corrected chi connectivity index (χ3v) is 24.0. The molecule has 0 aliphatic heterocycles. The second-order valence-corrected chi connectivity index (χ2v) is 21.5. The number of carboxylic acids is 1. The number of allylic oxidation sites excluding steroid dienone is 1. The van der Waals surface area contributed by atoms with Crippen LogP contribution in [0.4, 0.5) is 0 Å². The molecule has 24 heavy (non-hydrogen) atoms. The summed E-state index contributed by atoms with van der Waals surface area (Å²) in [5.74, 6) is -0.673. The van der Waals surface area contributed by atoms with E-state index in [-0.39, 0.29) is 0 Å². The monoisotopic (exact) mass is 558 g/mol. The molecule has 0 aromatic carbocycles. The molecule has 0 saturated heterocycles. The Morgan fingerprint density at radius 1 is 0.792 bits per heavy atom. The zero-order valence-corrected chi connectivity index (χ0v) is 21.4. The molecule has 4 heteroatoms. The fourth-order valence-corrected chi connectivity index (χ4v) is 25.0. The van der Waals surface area contributed by atoms with Gasteiger partial charge in [-0.25, -0.2) is 0 Å². The van der Waals surface area contributed by atoms with Crippen LogP contribution in [0.2, 0.25) is 13.3 Å². The van der Waals surface area contributed by atoms with Crippen molar-refractivity contribution in [2.75, 3.05) is 0 Å². The van der Waals surface area contributed by atoms with Crippen LogP contribution in [0.25, 0.3) is 0 Å². The zero-order chi connectivity index (χ0) is 18.4. The van der Waals surface area contributed by atoms with E-state index in [1.807, 2.05) is 0 Å². The summed E-state index contributed by atoms with van der Waals surface area (Å²) in [6.07, 6.45) is 12.3. The SMILES string of the molecule is CCCCC/[C](=C(/I)C(=O)O)[Sn]([CH2]CCC)([CH2]CCC)[CH2]CCC. The molecule has 0 unspecified atom stereocenters. The summed E-state index contributed by atoms with van der Waals surface area (Å²) in [6.45, 7) is 9.06. The van der Waals surface area contributed by atoms with Gasteiger partial charge in [-0.3, -0.25) is 0 Å². The van der Waals surface area contributed by atoms with E-state index >= 15 is 0 Å². The predicted molar refractivity (Wildman–Crippen MR) is 118 cm³/mol. The molecule has 0 spiro atoms. The average Bonchev–Trinajstić information content (AvgIpc) is 2.58. The number of halogens is 1. The molecule has 0 aromatic rings. The van der Waals surface area contributed by atoms with Crippen LogP contribution in [0, 0.1) is 0 Å². The topological polar surface area (TPSA) is 37.3 Å². The Kier molecular flexibility index (Phi) is 15.3. The van der Waals surface area contributed by atoms with Gasteiger partial charge in [0, 0.05) is 0 Å². The third-order valence-electron chi connectivity index (χ3n) is 5.15. The van der Waals surface area contributed by atoms with E-state index in [1.165, 1.54) is 74.7 Å². The van der Waals surface area contributed by atoms with Gasteiger partial charge >= 0.3 is 169 Å². The maximum atomic E-state index is 11.8. The number of rotatable bonds is 15. The van der Waals surface area contributed by atoms with Gasteiger partial charge in [-0.2, -0.15) is 0 Å². The molecule has 0 atom stereocenters. The fraction of sp³-hybridized carbons (Fsp3) is 0.850. The van der Waals surface area contributed by atoms with Crippen LogP contribution >= 0.6 is 22.6 Å². The van der Waals surface area contributed by atoms with Crippen LogP contribution in [-0.4, -0.2) is 29.5 Å². The van der Waals surface area contributed by atoms with Crippen molar-refractivity contribution in [2.45, 2.75) is 105 Å². The van der Waals surface area contributed by atoms with Gasteiger partial charge in [0.1, 0.15) is 0 Å². The molecule has 0 bridgehead atoms. The van der Waals surface area contributed by atoms with E-state index in [1.54, 1.807) is 0 Å². The second kappa shape index (κ2) is 14.9. The Bertz CT molecular complexity index is 358. The van der Waals surface area contributed by atoms with Gasteiger partial charge in [0.2, 0.25) is 0 Å². The molecule has 0 heterocycles. The van der Waals surface area contributed by atoms with Gasteiger partial charge in [0.25, 0.3) is 0 Å². The standard InChI is InChI=1S/C8H12IO2.3C4H9.Sn/c1-2-3-4-5-6-7(9)8(10)11;3*1-3-4-2;/h2-5H2,1H3,(H,10,11);3*1,3-4H2,2H3;. The molecule has 0 radical (unpaired) electrons. The van der Waals surface area contributed by atoms with E-state index in [4.69, 9.17) is 0 Å². The average molecular weight is 557 g/mol. The summed E-state index contributed by atoms with van der Waals surface area (Å²) in [5.41, 5.74) is 0. The number of hydrogen-bond acceptors (Lipinski definition) is 1. The number of carboxylic acid groups (broad SMARTS) is 1. The van der Waals surface area contributed by atoms with Crippen LogP contribution in [-0.2, 0) is 4.79 Å². The summed E-state index contributed by atoms with van der Waals surface area (Å²) in [4.78, 5) is 11.8. The first kappa shape index (κ1) is 24.7. The number of unbranched alkanes of at least 4 members (excludes halogenated alkanes) is 5. The summed E-state index contributed by atoms with van der Waals surface area (Å²) < 4.78 is 6.27. The van der Waals surface area contributed by atoms with E-state index in [2.05, 4.69) is 50.3 Å². The first-order valence-corrected chi connectivity index (χ1v) is 18.7. The third kappa shape index (κ3) is 8.90. The van der Waals surface area contributed by atoms with Crippen molar-refractivity contribution in [1.82, 2.24) is 0 Å². The van der Waals surface area contributed by atoms with Crippen molar-refractivity contribution in [3.05, 3.63) is 7.17 Å². The van der Waals surface area contributed by atoms with Crippen LogP contribution in [0.5, 0.6) is 0 Å². The Morgan fingerprint density at radius 3 is 1.54 bits per heavy atom. The molecule has 142 valence electrons. The molecular formula is C20H39IO2Sn. The van der Waals surface area contributed by atoms with Crippen LogP contribution in [0.1, 0.15) is 91.9 Å². The Labute approximate surface area is 168 Å². The van der Waals surface area contributed by atoms with E-state index in [0.29, 0.717) is 3.58 Å². The quantitative estimate of drug-likeness (QED) is 0.0969. The van der Waals surface area contributed by atoms with Crippen molar-refractivity contribution in [3.63, 3.8) is 0 Å². The number of aliphatic carboxylic acids is 1. The van der Waals surface area contributed by atoms with Gasteiger partial charge in [0.05, 0.1) is 0 Å². The van der Waals surface area contributed by atoms with Gasteiger partial charge in [-0.05, 0) is 0 Å². The van der Waals surface area contributed by atoms with E-state index in [9.17, 15) is 9.90 Å². The molecule has 1 N–H and O–H groups in total. The Hall–Kier alpha value is 0.739. The molecule has 0 aromatic heterocycles. The molecule has 0 aliphatic rings. The summed E-state index contributed by atoms with van der Waals surface area (Å²) >= 11 is -0.430. The van der Waals surface area contributed by atoms with Crippen LogP contribution in [0.3, 0.4) is 0 Å². The van der Waals surface area contributed by atoms with Crippen molar-refractivity contribution in [3.8, 4) is 0 Å². The molecule has 0 aliphatic carbocycles. The minimum atomic E-state index is -2.59. The molecule has 0 saturated carbocycles. The maximum absolute atomic E-state index is 11.8. The molecule has 0 rings (SSSR count). The van der Waals surface area contributed by atoms with Crippen molar-refractivity contribution >= 4 is 46.9 Å². The Morgan fingerprint density at radius 2 is 1.21 bits per heavy atom. The van der Waals surface area contributed by atoms with Crippen LogP contribution < -0.4 is 0 Å². The van der Waals surface area contributed by atoms with Crippen molar-refractivity contribution < 1.29 is 9.90 Å². The van der Waals surface area contributed by atoms with E-state index in [0.717, 1.165) is 6.42 Å². The van der Waals surface area contributed by atoms with Crippen molar-refractivity contribution in [2.24, 2.45) is 0 Å². The van der Waals surface area contributed by atoms with Crippen LogP contribution in [0.15, 0.2) is 7.17 Å². The Balaban J connectivity index is 5.78. The second-order valence-electron chi connectivity index (χ2n) is 7.15. The predicted octanol–water partition coefficient (Wildman–Crippen LogP) is 7.73. The van der Waals surface area contributed by atoms with Gasteiger partial charge in [0.15, 0.2) is 0 Å². The summed E-state index contributed by atoms with van der Waals surface area (Å²) in [7, 11) is 0. The summed E-state index contributed by atoms with van der Waals surface area (Å²) in [6, 6.07) is 0. The minimum absolute atomic E-state index is 0.673. The first-order valence-electron chi connectivity index (χ1n) is 10.1. The summed E-state index contributed by atoms with van der Waals surface area (Å²) in [5, 5.41) is 9.72. The molecular weight excluding hydrogens is 518 g/mol. The van der Waals surface area contributed by atoms with Gasteiger partial charge in [-0.15, -0.1) is 0 Å². The first-order chi connectivity index (χ1) is 11.5. The fourth-order valence-electron chi connectivity index (χ4n) is 3.66. The number of hydrogen-bond donors (Lipinski definition) is 1. The number of carbonyl (C=O) groups is 1.